The number of benzene rings is 3. The van der Waals surface area contributed by atoms with Crippen molar-refractivity contribution in [2.75, 3.05) is 6.79 Å². The second-order valence-electron chi connectivity index (χ2n) is 8.04. The Bertz CT molecular complexity index is 1270. The topological polar surface area (TPSA) is 114 Å². The van der Waals surface area contributed by atoms with E-state index in [9.17, 15) is 19.5 Å². The molecule has 4 rings (SSSR count). The van der Waals surface area contributed by atoms with Crippen LogP contribution in [0.3, 0.4) is 0 Å². The summed E-state index contributed by atoms with van der Waals surface area (Å²) in [4.78, 5) is 37.9. The Morgan fingerprint density at radius 1 is 0.971 bits per heavy atom. The van der Waals surface area contributed by atoms with Gasteiger partial charge < -0.3 is 25.2 Å². The molecular formula is C27H24N2O6. The van der Waals surface area contributed by atoms with Crippen molar-refractivity contribution in [2.45, 2.75) is 19.4 Å². The molecule has 1 atom stereocenters. The number of hydrogen-bond acceptors (Lipinski definition) is 5. The van der Waals surface area contributed by atoms with Crippen LogP contribution in [0.4, 0.5) is 0 Å². The predicted molar refractivity (Wildman–Crippen MR) is 129 cm³/mol. The highest BCUT2D eigenvalue weighted by molar-refractivity contribution is 6.06. The molecule has 0 radical (unpaired) electrons. The lowest BCUT2D eigenvalue weighted by atomic mass is 10.1. The Hall–Kier alpha value is -4.59. The van der Waals surface area contributed by atoms with Gasteiger partial charge in [0.15, 0.2) is 11.5 Å². The van der Waals surface area contributed by atoms with E-state index in [4.69, 9.17) is 9.47 Å². The third kappa shape index (κ3) is 6.05. The number of nitrogens with one attached hydrogen (secondary N) is 2. The lowest BCUT2D eigenvalue weighted by molar-refractivity contribution is -0.141. The molecule has 0 aliphatic carbocycles. The fourth-order valence-corrected chi connectivity index (χ4v) is 3.51. The van der Waals surface area contributed by atoms with Crippen molar-refractivity contribution in [3.8, 4) is 11.5 Å². The molecule has 0 saturated carbocycles. The molecular weight excluding hydrogens is 448 g/mol. The van der Waals surface area contributed by atoms with Gasteiger partial charge in [0.2, 0.25) is 6.79 Å². The van der Waals surface area contributed by atoms with E-state index in [0.717, 1.165) is 11.1 Å². The normalized spacial score (nSPS) is 13.1. The van der Waals surface area contributed by atoms with Gasteiger partial charge in [0.1, 0.15) is 11.7 Å². The van der Waals surface area contributed by atoms with Gasteiger partial charge in [0.25, 0.3) is 11.8 Å². The van der Waals surface area contributed by atoms with Crippen LogP contribution in [0.15, 0.2) is 78.5 Å². The first-order valence-corrected chi connectivity index (χ1v) is 11.0. The summed E-state index contributed by atoms with van der Waals surface area (Å²) in [5.41, 5.74) is 2.57. The molecule has 1 heterocycles. The van der Waals surface area contributed by atoms with Gasteiger partial charge in [0, 0.05) is 12.0 Å². The summed E-state index contributed by atoms with van der Waals surface area (Å²) in [6, 6.07) is 19.7. The van der Waals surface area contributed by atoms with Gasteiger partial charge in [-0.1, -0.05) is 54.1 Å². The molecule has 3 aromatic carbocycles. The zero-order valence-electron chi connectivity index (χ0n) is 19.0. The van der Waals surface area contributed by atoms with E-state index >= 15 is 0 Å². The summed E-state index contributed by atoms with van der Waals surface area (Å²) in [6.07, 6.45) is 1.55. The summed E-state index contributed by atoms with van der Waals surface area (Å²) in [6.45, 7) is 2.00. The third-order valence-electron chi connectivity index (χ3n) is 5.40. The molecule has 1 aliphatic heterocycles. The van der Waals surface area contributed by atoms with Crippen LogP contribution in [0, 0.1) is 6.92 Å². The fourth-order valence-electron chi connectivity index (χ4n) is 3.51. The van der Waals surface area contributed by atoms with Gasteiger partial charge in [-0.2, -0.15) is 0 Å². The first-order valence-electron chi connectivity index (χ1n) is 11.0. The maximum Gasteiger partial charge on any atom is 0.326 e. The highest BCUT2D eigenvalue weighted by Gasteiger charge is 2.24. The molecule has 2 amide bonds. The predicted octanol–water partition coefficient (Wildman–Crippen LogP) is 3.31. The van der Waals surface area contributed by atoms with Crippen molar-refractivity contribution < 1.29 is 29.0 Å². The van der Waals surface area contributed by atoms with Crippen LogP contribution in [0.25, 0.3) is 6.08 Å². The van der Waals surface area contributed by atoms with E-state index in [-0.39, 0.29) is 18.9 Å². The number of amides is 2. The van der Waals surface area contributed by atoms with Gasteiger partial charge in [-0.05, 0) is 48.4 Å². The number of carbonyl (C=O) groups excluding carboxylic acids is 2. The highest BCUT2D eigenvalue weighted by atomic mass is 16.7. The first-order chi connectivity index (χ1) is 16.9. The number of aliphatic carboxylic acids is 1. The Labute approximate surface area is 202 Å². The summed E-state index contributed by atoms with van der Waals surface area (Å²) in [7, 11) is 0. The number of ether oxygens (including phenoxy) is 2. The number of aryl methyl sites for hydroxylation is 1. The molecule has 178 valence electrons. The van der Waals surface area contributed by atoms with Gasteiger partial charge in [-0.15, -0.1) is 0 Å². The molecule has 3 N–H and O–H groups in total. The molecule has 0 bridgehead atoms. The van der Waals surface area contributed by atoms with Crippen LogP contribution < -0.4 is 20.1 Å². The second-order valence-corrected chi connectivity index (χ2v) is 8.04. The third-order valence-corrected chi connectivity index (χ3v) is 5.40. The van der Waals surface area contributed by atoms with Crippen molar-refractivity contribution >= 4 is 23.9 Å². The van der Waals surface area contributed by atoms with Gasteiger partial charge in [-0.25, -0.2) is 4.79 Å². The van der Waals surface area contributed by atoms with E-state index in [0.29, 0.717) is 22.6 Å². The lowest BCUT2D eigenvalue weighted by Crippen LogP contribution is -2.45. The second kappa shape index (κ2) is 10.6. The molecule has 0 aromatic heterocycles. The minimum atomic E-state index is -1.19. The van der Waals surface area contributed by atoms with E-state index in [2.05, 4.69) is 10.6 Å². The van der Waals surface area contributed by atoms with Crippen molar-refractivity contribution in [3.05, 3.63) is 101 Å². The van der Waals surface area contributed by atoms with Crippen LogP contribution in [0.5, 0.6) is 11.5 Å². The number of rotatable bonds is 8. The quantitative estimate of drug-likeness (QED) is 0.434. The van der Waals surface area contributed by atoms with Crippen LogP contribution >= 0.6 is 0 Å². The average Bonchev–Trinajstić information content (AvgIpc) is 3.32. The van der Waals surface area contributed by atoms with Gasteiger partial charge >= 0.3 is 5.97 Å². The van der Waals surface area contributed by atoms with Crippen molar-refractivity contribution in [1.82, 2.24) is 10.6 Å². The molecule has 8 nitrogen and oxygen atoms in total. The Kier molecular flexibility index (Phi) is 7.11. The van der Waals surface area contributed by atoms with Crippen LogP contribution in [-0.4, -0.2) is 35.7 Å². The molecule has 0 spiro atoms. The van der Waals surface area contributed by atoms with E-state index in [1.807, 2.05) is 13.0 Å². The van der Waals surface area contributed by atoms with Crippen molar-refractivity contribution in [1.29, 1.82) is 0 Å². The number of carbonyl (C=O) groups is 3. The number of hydrogen-bond donors (Lipinski definition) is 3. The lowest BCUT2D eigenvalue weighted by Gasteiger charge is -2.17. The molecule has 3 aromatic rings. The Balaban J connectivity index is 1.60. The molecule has 35 heavy (non-hydrogen) atoms. The van der Waals surface area contributed by atoms with E-state index in [1.165, 1.54) is 6.08 Å². The minimum absolute atomic E-state index is 0.0884. The smallest absolute Gasteiger partial charge is 0.326 e. The van der Waals surface area contributed by atoms with E-state index in [1.54, 1.807) is 66.7 Å². The molecule has 0 fully saturated rings. The molecule has 1 aliphatic rings. The average molecular weight is 472 g/mol. The molecule has 1 unspecified atom stereocenters. The summed E-state index contributed by atoms with van der Waals surface area (Å²) < 4.78 is 10.7. The summed E-state index contributed by atoms with van der Waals surface area (Å²) in [5.74, 6) is -1.33. The fraction of sp³-hybridized carbons (Fsp3) is 0.148. The number of carboxylic acids is 1. The number of fused-ring (bicyclic) bond motifs is 1. The Morgan fingerprint density at radius 2 is 1.69 bits per heavy atom. The zero-order valence-corrected chi connectivity index (χ0v) is 19.0. The SMILES string of the molecule is Cc1ccc(C(=O)NC(=Cc2ccc3c(c2)OCO3)C(=O)NC(Cc2ccccc2)C(=O)O)cc1. The summed E-state index contributed by atoms with van der Waals surface area (Å²) >= 11 is 0. The molecule has 8 heteroatoms. The number of carboxylic acid groups (broad SMARTS) is 1. The van der Waals surface area contributed by atoms with Gasteiger partial charge in [0.05, 0.1) is 0 Å². The molecule has 0 saturated heterocycles. The summed E-state index contributed by atoms with van der Waals surface area (Å²) in [5, 5.41) is 14.8. The Morgan fingerprint density at radius 3 is 2.40 bits per heavy atom. The largest absolute Gasteiger partial charge is 0.480 e. The van der Waals surface area contributed by atoms with Crippen LogP contribution in [0.2, 0.25) is 0 Å². The maximum atomic E-state index is 13.2. The van der Waals surface area contributed by atoms with Gasteiger partial charge in [-0.3, -0.25) is 9.59 Å². The monoisotopic (exact) mass is 472 g/mol. The van der Waals surface area contributed by atoms with Crippen LogP contribution in [0.1, 0.15) is 27.0 Å². The highest BCUT2D eigenvalue weighted by Crippen LogP contribution is 2.33. The maximum absolute atomic E-state index is 13.2. The standard InChI is InChI=1S/C27H24N2O6/c1-17-7-10-20(11-8-17)25(30)28-21(14-19-9-12-23-24(15-19)35-16-34-23)26(31)29-22(27(32)33)13-18-5-3-2-4-6-18/h2-12,14-15,22H,13,16H2,1H3,(H,28,30)(H,29,31)(H,32,33). The van der Waals surface area contributed by atoms with Crippen molar-refractivity contribution in [2.24, 2.45) is 0 Å². The zero-order chi connectivity index (χ0) is 24.8. The van der Waals surface area contributed by atoms with E-state index < -0.39 is 23.8 Å². The minimum Gasteiger partial charge on any atom is -0.480 e. The first kappa shape index (κ1) is 23.6. The van der Waals surface area contributed by atoms with Crippen molar-refractivity contribution in [3.63, 3.8) is 0 Å². The van der Waals surface area contributed by atoms with Crippen LogP contribution in [-0.2, 0) is 16.0 Å².